The van der Waals surface area contributed by atoms with Gasteiger partial charge < -0.3 is 15.8 Å². The lowest BCUT2D eigenvalue weighted by molar-refractivity contribution is 0.210. The molecular weight excluding hydrogens is 397 g/mol. The van der Waals surface area contributed by atoms with Gasteiger partial charge in [-0.2, -0.15) is 5.10 Å². The SMILES string of the molecule is COCCNc1ncc(-c2ccc(Cn3cnn(C/C(=C/F)CN)c3=O)s2)cn1. The van der Waals surface area contributed by atoms with Crippen molar-refractivity contribution in [1.82, 2.24) is 24.3 Å². The van der Waals surface area contributed by atoms with E-state index in [9.17, 15) is 9.18 Å². The molecule has 0 aromatic carbocycles. The molecule has 0 saturated heterocycles. The smallest absolute Gasteiger partial charge is 0.346 e. The minimum Gasteiger partial charge on any atom is -0.383 e. The van der Waals surface area contributed by atoms with E-state index in [4.69, 9.17) is 10.5 Å². The van der Waals surface area contributed by atoms with Gasteiger partial charge in [-0.1, -0.05) is 0 Å². The fourth-order valence-corrected chi connectivity index (χ4v) is 3.50. The Bertz CT molecular complexity index is 1010. The summed E-state index contributed by atoms with van der Waals surface area (Å²) < 4.78 is 20.3. The molecule has 3 aromatic heterocycles. The number of halogens is 1. The van der Waals surface area contributed by atoms with Gasteiger partial charge >= 0.3 is 5.69 Å². The number of anilines is 1. The third kappa shape index (κ3) is 5.34. The van der Waals surface area contributed by atoms with Crippen molar-refractivity contribution in [3.05, 3.63) is 58.1 Å². The van der Waals surface area contributed by atoms with Crippen LogP contribution in [-0.2, 0) is 17.8 Å². The molecule has 3 rings (SSSR count). The molecule has 0 fully saturated rings. The Balaban J connectivity index is 1.66. The van der Waals surface area contributed by atoms with Crippen LogP contribution in [0.3, 0.4) is 0 Å². The Morgan fingerprint density at radius 1 is 1.38 bits per heavy atom. The van der Waals surface area contributed by atoms with Gasteiger partial charge in [0.2, 0.25) is 5.95 Å². The molecule has 0 radical (unpaired) electrons. The number of hydrogen-bond acceptors (Lipinski definition) is 8. The van der Waals surface area contributed by atoms with Crippen molar-refractivity contribution in [2.75, 3.05) is 32.1 Å². The molecule has 0 aliphatic heterocycles. The Kier molecular flexibility index (Phi) is 7.22. The summed E-state index contributed by atoms with van der Waals surface area (Å²) in [5.41, 5.74) is 6.31. The van der Waals surface area contributed by atoms with E-state index in [0.717, 1.165) is 15.3 Å². The maximum Gasteiger partial charge on any atom is 0.346 e. The largest absolute Gasteiger partial charge is 0.383 e. The zero-order valence-corrected chi connectivity index (χ0v) is 16.7. The summed E-state index contributed by atoms with van der Waals surface area (Å²) in [4.78, 5) is 23.0. The first-order valence-electron chi connectivity index (χ1n) is 8.89. The minimum atomic E-state index is -0.317. The second-order valence-electron chi connectivity index (χ2n) is 6.15. The fourth-order valence-electron chi connectivity index (χ4n) is 2.52. The summed E-state index contributed by atoms with van der Waals surface area (Å²) in [5.74, 6) is 0.542. The molecule has 0 saturated carbocycles. The topological polar surface area (TPSA) is 113 Å². The van der Waals surface area contributed by atoms with E-state index in [2.05, 4.69) is 20.4 Å². The summed E-state index contributed by atoms with van der Waals surface area (Å²) in [6.07, 6.45) is 5.36. The van der Waals surface area contributed by atoms with Gasteiger partial charge in [-0.3, -0.25) is 4.57 Å². The van der Waals surface area contributed by atoms with Crippen LogP contribution < -0.4 is 16.7 Å². The Morgan fingerprint density at radius 2 is 2.17 bits per heavy atom. The van der Waals surface area contributed by atoms with Crippen LogP contribution in [-0.4, -0.2) is 51.1 Å². The molecular formula is C18H22FN7O2S. The number of ether oxygens (including phenoxy) is 1. The highest BCUT2D eigenvalue weighted by atomic mass is 32.1. The average molecular weight is 419 g/mol. The lowest BCUT2D eigenvalue weighted by Gasteiger charge is -2.04. The second-order valence-corrected chi connectivity index (χ2v) is 7.32. The van der Waals surface area contributed by atoms with Crippen LogP contribution >= 0.6 is 11.3 Å². The molecule has 3 heterocycles. The number of methoxy groups -OCH3 is 1. The Labute approximate surface area is 170 Å². The molecule has 11 heteroatoms. The van der Waals surface area contributed by atoms with Crippen molar-refractivity contribution in [2.24, 2.45) is 5.73 Å². The first-order valence-corrected chi connectivity index (χ1v) is 9.70. The Morgan fingerprint density at radius 3 is 2.86 bits per heavy atom. The first kappa shape index (κ1) is 20.8. The van der Waals surface area contributed by atoms with E-state index < -0.39 is 0 Å². The summed E-state index contributed by atoms with van der Waals surface area (Å²) >= 11 is 1.54. The van der Waals surface area contributed by atoms with Crippen molar-refractivity contribution in [3.8, 4) is 10.4 Å². The van der Waals surface area contributed by atoms with Gasteiger partial charge in [0.15, 0.2) is 0 Å². The molecule has 0 aliphatic carbocycles. The number of nitrogens with zero attached hydrogens (tertiary/aromatic N) is 5. The number of thiophene rings is 1. The molecule has 9 nitrogen and oxygen atoms in total. The first-order chi connectivity index (χ1) is 14.1. The predicted octanol–water partition coefficient (Wildman–Crippen LogP) is 1.48. The monoisotopic (exact) mass is 419 g/mol. The standard InChI is InChI=1S/C18H22FN7O2S/c1-28-5-4-21-17-22-8-14(9-23-17)16-3-2-15(29-16)11-25-12-24-26(18(25)27)10-13(6-19)7-20/h2-3,6,8-9,12H,4-5,7,10-11,20H2,1H3,(H,21,22,23)/b13-6+. The zero-order valence-electron chi connectivity index (χ0n) is 15.9. The fraction of sp³-hybridized carbons (Fsp3) is 0.333. The number of hydrogen-bond donors (Lipinski definition) is 2. The van der Waals surface area contributed by atoms with E-state index >= 15 is 0 Å². The molecule has 3 N–H and O–H groups in total. The maximum atomic E-state index is 12.7. The predicted molar refractivity (Wildman–Crippen MR) is 110 cm³/mol. The van der Waals surface area contributed by atoms with Gasteiger partial charge in [0.05, 0.1) is 26.0 Å². The number of rotatable bonds is 10. The minimum absolute atomic E-state index is 0.0346. The molecule has 0 atom stereocenters. The molecule has 29 heavy (non-hydrogen) atoms. The summed E-state index contributed by atoms with van der Waals surface area (Å²) in [5, 5.41) is 7.09. The average Bonchev–Trinajstić information content (AvgIpc) is 3.35. The third-order valence-corrected chi connectivity index (χ3v) is 5.20. The van der Waals surface area contributed by atoms with E-state index in [-0.39, 0.29) is 18.8 Å². The van der Waals surface area contributed by atoms with Gasteiger partial charge in [0.1, 0.15) is 6.33 Å². The van der Waals surface area contributed by atoms with Crippen molar-refractivity contribution in [1.29, 1.82) is 0 Å². The van der Waals surface area contributed by atoms with E-state index in [1.165, 1.54) is 15.6 Å². The lowest BCUT2D eigenvalue weighted by atomic mass is 10.3. The highest BCUT2D eigenvalue weighted by Gasteiger charge is 2.10. The van der Waals surface area contributed by atoms with Crippen molar-refractivity contribution >= 4 is 17.3 Å². The number of nitrogens with two attached hydrogens (primary N) is 1. The molecule has 3 aromatic rings. The highest BCUT2D eigenvalue weighted by molar-refractivity contribution is 7.15. The lowest BCUT2D eigenvalue weighted by Crippen LogP contribution is -2.26. The van der Waals surface area contributed by atoms with Crippen LogP contribution in [0.4, 0.5) is 10.3 Å². The van der Waals surface area contributed by atoms with E-state index in [1.807, 2.05) is 12.1 Å². The zero-order chi connectivity index (χ0) is 20.6. The molecule has 0 amide bonds. The number of nitrogens with one attached hydrogen (secondary N) is 1. The normalized spacial score (nSPS) is 11.8. The van der Waals surface area contributed by atoms with Crippen LogP contribution in [0.25, 0.3) is 10.4 Å². The summed E-state index contributed by atoms with van der Waals surface area (Å²) in [6.45, 7) is 1.66. The van der Waals surface area contributed by atoms with Crippen molar-refractivity contribution in [3.63, 3.8) is 0 Å². The molecule has 0 unspecified atom stereocenters. The van der Waals surface area contributed by atoms with Crippen LogP contribution in [0, 0.1) is 0 Å². The molecule has 0 aliphatic rings. The molecule has 0 bridgehead atoms. The van der Waals surface area contributed by atoms with Crippen molar-refractivity contribution < 1.29 is 9.13 Å². The van der Waals surface area contributed by atoms with Crippen LogP contribution in [0.15, 0.2) is 47.6 Å². The van der Waals surface area contributed by atoms with Gasteiger partial charge in [-0.05, 0) is 17.7 Å². The highest BCUT2D eigenvalue weighted by Crippen LogP contribution is 2.27. The molecule has 154 valence electrons. The van der Waals surface area contributed by atoms with E-state index in [1.54, 1.807) is 30.8 Å². The Hall–Kier alpha value is -2.89. The van der Waals surface area contributed by atoms with E-state index in [0.29, 0.717) is 37.5 Å². The van der Waals surface area contributed by atoms with Crippen LogP contribution in [0.2, 0.25) is 0 Å². The van der Waals surface area contributed by atoms with Gasteiger partial charge in [0.25, 0.3) is 0 Å². The van der Waals surface area contributed by atoms with Crippen LogP contribution in [0.1, 0.15) is 4.88 Å². The quantitative estimate of drug-likeness (QED) is 0.479. The van der Waals surface area contributed by atoms with Gasteiger partial charge in [0, 0.05) is 47.9 Å². The summed E-state index contributed by atoms with van der Waals surface area (Å²) in [6, 6.07) is 3.91. The number of aromatic nitrogens is 5. The molecule has 0 spiro atoms. The van der Waals surface area contributed by atoms with Gasteiger partial charge in [-0.25, -0.2) is 23.8 Å². The van der Waals surface area contributed by atoms with Crippen LogP contribution in [0.5, 0.6) is 0 Å². The second kappa shape index (κ2) is 10.0. The maximum absolute atomic E-state index is 12.7. The van der Waals surface area contributed by atoms with Gasteiger partial charge in [-0.15, -0.1) is 11.3 Å². The van der Waals surface area contributed by atoms with Crippen molar-refractivity contribution in [2.45, 2.75) is 13.1 Å². The third-order valence-electron chi connectivity index (χ3n) is 4.08. The summed E-state index contributed by atoms with van der Waals surface area (Å²) in [7, 11) is 1.64.